The van der Waals surface area contributed by atoms with Gasteiger partial charge in [0.05, 0.1) is 12.7 Å². The third-order valence-corrected chi connectivity index (χ3v) is 4.68. The number of benzene rings is 1. The largest absolute Gasteiger partial charge is 0.513 e. The van der Waals surface area contributed by atoms with Crippen molar-refractivity contribution < 1.29 is 17.8 Å². The van der Waals surface area contributed by atoms with Crippen molar-refractivity contribution in [2.45, 2.75) is 19.1 Å². The van der Waals surface area contributed by atoms with E-state index in [2.05, 4.69) is 21.6 Å². The number of fused-ring (bicyclic) bond motifs is 1. The van der Waals surface area contributed by atoms with Gasteiger partial charge in [-0.15, -0.1) is 4.20 Å². The summed E-state index contributed by atoms with van der Waals surface area (Å²) in [6.45, 7) is 2.68. The number of piperidine rings is 1. The highest BCUT2D eigenvalue weighted by Gasteiger charge is 2.42. The first-order valence-electron chi connectivity index (χ1n) is 6.51. The maximum atomic E-state index is 13.2. The molecule has 6 heteroatoms. The van der Waals surface area contributed by atoms with E-state index < -0.39 is 7.91 Å². The molecule has 0 bridgehead atoms. The first-order chi connectivity index (χ1) is 9.12. The summed E-state index contributed by atoms with van der Waals surface area (Å²) in [6, 6.07) is 10.2. The number of hydrogen-bond acceptors (Lipinski definition) is 4. The second-order valence-corrected chi connectivity index (χ2v) is 6.47. The molecule has 2 aliphatic heterocycles. The first-order valence-corrected chi connectivity index (χ1v) is 7.95. The van der Waals surface area contributed by atoms with Crippen molar-refractivity contribution in [3.8, 4) is 0 Å². The van der Waals surface area contributed by atoms with Gasteiger partial charge >= 0.3 is 7.91 Å². The van der Waals surface area contributed by atoms with E-state index in [1.807, 2.05) is 18.2 Å². The molecule has 0 saturated carbocycles. The fourth-order valence-electron chi connectivity index (χ4n) is 2.75. The number of halogens is 1. The molecule has 0 aliphatic carbocycles. The third kappa shape index (κ3) is 3.23. The fraction of sp³-hybridized carbons (Fsp3) is 0.538. The van der Waals surface area contributed by atoms with Crippen LogP contribution < -0.4 is 0 Å². The highest BCUT2D eigenvalue weighted by molar-refractivity contribution is 7.48. The second-order valence-electron chi connectivity index (χ2n) is 5.14. The molecule has 3 atom stereocenters. The van der Waals surface area contributed by atoms with E-state index in [1.165, 1.54) is 5.56 Å². The lowest BCUT2D eigenvalue weighted by atomic mass is 9.95. The van der Waals surface area contributed by atoms with Crippen LogP contribution in [0.1, 0.15) is 12.0 Å². The summed E-state index contributed by atoms with van der Waals surface area (Å²) in [5.74, 6) is 0.107. The standard InChI is InChI=1S/C13H17FNO3P/c14-19(16)17-10-12-9-15(7-6-13(12)18-19)8-11-4-2-1-3-5-11/h1-5,12-13H,6-10H2/t12-,13-,19+/m1/s1. The lowest BCUT2D eigenvalue weighted by molar-refractivity contribution is -0.0363. The van der Waals surface area contributed by atoms with Gasteiger partial charge in [0, 0.05) is 25.6 Å². The molecule has 1 aromatic carbocycles. The van der Waals surface area contributed by atoms with E-state index in [1.54, 1.807) is 0 Å². The third-order valence-electron chi connectivity index (χ3n) is 3.70. The van der Waals surface area contributed by atoms with Crippen LogP contribution in [0.2, 0.25) is 0 Å². The average molecular weight is 285 g/mol. The van der Waals surface area contributed by atoms with E-state index in [0.717, 1.165) is 19.6 Å². The molecule has 0 radical (unpaired) electrons. The Labute approximate surface area is 112 Å². The van der Waals surface area contributed by atoms with Gasteiger partial charge in [-0.3, -0.25) is 13.9 Å². The van der Waals surface area contributed by atoms with Crippen LogP contribution in [0.4, 0.5) is 4.20 Å². The predicted molar refractivity (Wildman–Crippen MR) is 69.4 cm³/mol. The van der Waals surface area contributed by atoms with Crippen molar-refractivity contribution in [1.29, 1.82) is 0 Å². The van der Waals surface area contributed by atoms with Crippen molar-refractivity contribution >= 4 is 7.91 Å². The van der Waals surface area contributed by atoms with Crippen molar-refractivity contribution in [2.75, 3.05) is 19.7 Å². The second kappa shape index (κ2) is 5.33. The van der Waals surface area contributed by atoms with E-state index >= 15 is 0 Å². The SMILES string of the molecule is O=[P@@]1(F)OC[C@H]2CN(Cc3ccccc3)CC[C@H]2O1. The Morgan fingerprint density at radius 2 is 2.16 bits per heavy atom. The number of hydrogen-bond donors (Lipinski definition) is 0. The van der Waals surface area contributed by atoms with Crippen LogP contribution in [0.5, 0.6) is 0 Å². The highest BCUT2D eigenvalue weighted by atomic mass is 31.2. The number of rotatable bonds is 2. The van der Waals surface area contributed by atoms with Crippen molar-refractivity contribution in [3.63, 3.8) is 0 Å². The molecule has 19 heavy (non-hydrogen) atoms. The van der Waals surface area contributed by atoms with Crippen LogP contribution in [-0.4, -0.2) is 30.7 Å². The van der Waals surface area contributed by atoms with Crippen molar-refractivity contribution in [1.82, 2.24) is 4.90 Å². The zero-order valence-corrected chi connectivity index (χ0v) is 11.5. The molecule has 4 nitrogen and oxygen atoms in total. The Kier molecular flexibility index (Phi) is 3.72. The van der Waals surface area contributed by atoms with E-state index in [4.69, 9.17) is 4.52 Å². The summed E-state index contributed by atoms with van der Waals surface area (Å²) in [5.41, 5.74) is 1.26. The monoisotopic (exact) mass is 285 g/mol. The van der Waals surface area contributed by atoms with Crippen molar-refractivity contribution in [2.24, 2.45) is 5.92 Å². The van der Waals surface area contributed by atoms with E-state index in [9.17, 15) is 8.76 Å². The van der Waals surface area contributed by atoms with Gasteiger partial charge in [-0.2, -0.15) is 0 Å². The summed E-state index contributed by atoms with van der Waals surface area (Å²) in [4.78, 5) is 2.30. The molecule has 3 rings (SSSR count). The van der Waals surface area contributed by atoms with Gasteiger partial charge in [-0.25, -0.2) is 4.57 Å². The number of nitrogens with zero attached hydrogens (tertiary/aromatic N) is 1. The van der Waals surface area contributed by atoms with Gasteiger partial charge < -0.3 is 0 Å². The van der Waals surface area contributed by atoms with E-state index in [0.29, 0.717) is 6.42 Å². The molecule has 0 amide bonds. The molecule has 1 aromatic rings. The van der Waals surface area contributed by atoms with Crippen LogP contribution in [0.15, 0.2) is 30.3 Å². The Bertz CT molecular complexity index is 484. The van der Waals surface area contributed by atoms with Crippen molar-refractivity contribution in [3.05, 3.63) is 35.9 Å². The fourth-order valence-corrected chi connectivity index (χ4v) is 3.78. The lowest BCUT2D eigenvalue weighted by Crippen LogP contribution is -2.46. The summed E-state index contributed by atoms with van der Waals surface area (Å²) in [5, 5.41) is 0. The van der Waals surface area contributed by atoms with Crippen LogP contribution in [0.25, 0.3) is 0 Å². The molecule has 104 valence electrons. The topological polar surface area (TPSA) is 38.8 Å². The summed E-state index contributed by atoms with van der Waals surface area (Å²) >= 11 is 0. The normalized spacial score (nSPS) is 35.8. The highest BCUT2D eigenvalue weighted by Crippen LogP contribution is 2.56. The molecule has 2 aliphatic rings. The first kappa shape index (κ1) is 13.3. The molecule has 2 fully saturated rings. The molecule has 0 aromatic heterocycles. The minimum absolute atomic E-state index is 0.107. The van der Waals surface area contributed by atoms with Gasteiger partial charge in [-0.05, 0) is 12.0 Å². The minimum atomic E-state index is -4.28. The summed E-state index contributed by atoms with van der Waals surface area (Å²) in [7, 11) is -4.28. The summed E-state index contributed by atoms with van der Waals surface area (Å²) in [6.07, 6.45) is 0.436. The van der Waals surface area contributed by atoms with Gasteiger partial charge in [0.25, 0.3) is 0 Å². The average Bonchev–Trinajstić information content (AvgIpc) is 2.39. The Morgan fingerprint density at radius 1 is 1.37 bits per heavy atom. The maximum Gasteiger partial charge on any atom is 0.513 e. The molecular weight excluding hydrogens is 268 g/mol. The Morgan fingerprint density at radius 3 is 2.95 bits per heavy atom. The number of likely N-dealkylation sites (tertiary alicyclic amines) is 1. The van der Waals surface area contributed by atoms with Gasteiger partial charge in [-0.1, -0.05) is 30.3 Å². The maximum absolute atomic E-state index is 13.2. The van der Waals surface area contributed by atoms with E-state index in [-0.39, 0.29) is 18.6 Å². The van der Waals surface area contributed by atoms with Gasteiger partial charge in [0.2, 0.25) is 0 Å². The molecular formula is C13H17FNO3P. The van der Waals surface area contributed by atoms with Crippen LogP contribution in [0.3, 0.4) is 0 Å². The molecule has 2 heterocycles. The van der Waals surface area contributed by atoms with Gasteiger partial charge in [0.15, 0.2) is 0 Å². The molecule has 2 saturated heterocycles. The van der Waals surface area contributed by atoms with Crippen LogP contribution >= 0.6 is 7.91 Å². The summed E-state index contributed by atoms with van der Waals surface area (Å²) < 4.78 is 33.9. The zero-order chi connectivity index (χ0) is 13.3. The minimum Gasteiger partial charge on any atom is -0.299 e. The van der Waals surface area contributed by atoms with Gasteiger partial charge in [0.1, 0.15) is 0 Å². The Hall–Kier alpha value is -0.740. The zero-order valence-electron chi connectivity index (χ0n) is 10.6. The lowest BCUT2D eigenvalue weighted by Gasteiger charge is -2.40. The molecule has 0 N–H and O–H groups in total. The Balaban J connectivity index is 1.60. The van der Waals surface area contributed by atoms with Crippen LogP contribution in [-0.2, 0) is 20.2 Å². The quantitative estimate of drug-likeness (QED) is 0.783. The molecule has 0 spiro atoms. The van der Waals surface area contributed by atoms with Crippen LogP contribution in [0, 0.1) is 5.92 Å². The molecule has 0 unspecified atom stereocenters. The predicted octanol–water partition coefficient (Wildman–Crippen LogP) is 3.00. The smallest absolute Gasteiger partial charge is 0.299 e.